The zero-order valence-corrected chi connectivity index (χ0v) is 15.2. The van der Waals surface area contributed by atoms with E-state index >= 15 is 0 Å². The zero-order valence-electron chi connectivity index (χ0n) is 15.2. The normalized spacial score (nSPS) is 14.4. The summed E-state index contributed by atoms with van der Waals surface area (Å²) in [5, 5.41) is 14.2. The minimum Gasteiger partial charge on any atom is -0.356 e. The Balaban J connectivity index is 1.65. The SMILES string of the molecule is C#CCCC1(CCNC(=O)Cc2c(C)nc3c(c2C)c(=O)[nH]n3C)N=N1. The summed E-state index contributed by atoms with van der Waals surface area (Å²) >= 11 is 0. The predicted octanol–water partition coefficient (Wildman–Crippen LogP) is 1.50. The molecule has 136 valence electrons. The van der Waals surface area contributed by atoms with E-state index in [-0.39, 0.29) is 17.9 Å². The summed E-state index contributed by atoms with van der Waals surface area (Å²) in [4.78, 5) is 28.9. The van der Waals surface area contributed by atoms with E-state index in [0.717, 1.165) is 23.2 Å². The Morgan fingerprint density at radius 2 is 2.08 bits per heavy atom. The third-order valence-corrected chi connectivity index (χ3v) is 4.81. The molecule has 3 heterocycles. The Labute approximate surface area is 151 Å². The fourth-order valence-electron chi connectivity index (χ4n) is 3.20. The summed E-state index contributed by atoms with van der Waals surface area (Å²) in [6.07, 6.45) is 7.44. The van der Waals surface area contributed by atoms with Crippen molar-refractivity contribution in [1.82, 2.24) is 20.1 Å². The van der Waals surface area contributed by atoms with Gasteiger partial charge < -0.3 is 5.32 Å². The van der Waals surface area contributed by atoms with Gasteiger partial charge in [0.05, 0.1) is 11.8 Å². The monoisotopic (exact) mass is 354 g/mol. The van der Waals surface area contributed by atoms with E-state index in [0.29, 0.717) is 30.4 Å². The molecule has 0 saturated heterocycles. The first-order chi connectivity index (χ1) is 12.4. The van der Waals surface area contributed by atoms with Gasteiger partial charge in [-0.1, -0.05) is 0 Å². The molecule has 0 bridgehead atoms. The van der Waals surface area contributed by atoms with Crippen molar-refractivity contribution in [2.24, 2.45) is 17.3 Å². The van der Waals surface area contributed by atoms with Gasteiger partial charge in [0.2, 0.25) is 5.91 Å². The third-order valence-electron chi connectivity index (χ3n) is 4.81. The van der Waals surface area contributed by atoms with Crippen LogP contribution >= 0.6 is 0 Å². The van der Waals surface area contributed by atoms with Crippen molar-refractivity contribution in [3.05, 3.63) is 27.2 Å². The number of hydrogen-bond acceptors (Lipinski definition) is 5. The molecule has 1 amide bonds. The fraction of sp³-hybridized carbons (Fsp3) is 0.500. The van der Waals surface area contributed by atoms with Crippen LogP contribution in [-0.4, -0.2) is 32.9 Å². The van der Waals surface area contributed by atoms with Crippen LogP contribution in [0.2, 0.25) is 0 Å². The molecule has 0 radical (unpaired) electrons. The molecule has 0 aromatic carbocycles. The van der Waals surface area contributed by atoms with Crippen molar-refractivity contribution in [3.63, 3.8) is 0 Å². The van der Waals surface area contributed by atoms with E-state index in [2.05, 4.69) is 31.5 Å². The Kier molecular flexibility index (Phi) is 4.64. The van der Waals surface area contributed by atoms with Crippen LogP contribution in [0.25, 0.3) is 11.0 Å². The number of carbonyl (C=O) groups excluding carboxylic acids is 1. The van der Waals surface area contributed by atoms with Gasteiger partial charge in [-0.15, -0.1) is 12.3 Å². The number of pyridine rings is 1. The molecule has 2 aromatic heterocycles. The van der Waals surface area contributed by atoms with Gasteiger partial charge in [0, 0.05) is 38.5 Å². The summed E-state index contributed by atoms with van der Waals surface area (Å²) in [5.41, 5.74) is 2.33. The molecule has 1 aliphatic heterocycles. The summed E-state index contributed by atoms with van der Waals surface area (Å²) < 4.78 is 1.60. The fourth-order valence-corrected chi connectivity index (χ4v) is 3.20. The first-order valence-electron chi connectivity index (χ1n) is 8.56. The van der Waals surface area contributed by atoms with E-state index in [1.54, 1.807) is 11.7 Å². The van der Waals surface area contributed by atoms with Gasteiger partial charge in [0.15, 0.2) is 11.3 Å². The quantitative estimate of drug-likeness (QED) is 0.736. The molecule has 8 nitrogen and oxygen atoms in total. The predicted molar refractivity (Wildman–Crippen MR) is 97.8 cm³/mol. The average molecular weight is 354 g/mol. The van der Waals surface area contributed by atoms with Crippen LogP contribution in [0.5, 0.6) is 0 Å². The molecule has 2 N–H and O–H groups in total. The van der Waals surface area contributed by atoms with Crippen LogP contribution in [-0.2, 0) is 18.3 Å². The number of aromatic nitrogens is 3. The largest absolute Gasteiger partial charge is 0.356 e. The van der Waals surface area contributed by atoms with Gasteiger partial charge in [-0.3, -0.25) is 19.4 Å². The molecule has 3 rings (SSSR count). The standard InChI is InChI=1S/C18H22N6O2/c1-5-6-7-18(22-23-18)8-9-19-14(25)10-13-11(2)15-16(20-12(13)3)24(4)21-17(15)26/h1H,6-10H2,2-4H3,(H,19,25)(H,21,26). The van der Waals surface area contributed by atoms with Crippen LogP contribution < -0.4 is 10.9 Å². The van der Waals surface area contributed by atoms with E-state index in [4.69, 9.17) is 6.42 Å². The number of aromatic amines is 1. The number of aryl methyl sites for hydroxylation is 3. The average Bonchev–Trinajstić information content (AvgIpc) is 3.29. The van der Waals surface area contributed by atoms with Crippen molar-refractivity contribution >= 4 is 16.9 Å². The minimum atomic E-state index is -0.400. The van der Waals surface area contributed by atoms with Gasteiger partial charge in [0.1, 0.15) is 0 Å². The lowest BCUT2D eigenvalue weighted by Gasteiger charge is -2.12. The molecule has 1 aliphatic rings. The van der Waals surface area contributed by atoms with Gasteiger partial charge >= 0.3 is 0 Å². The molecule has 0 aliphatic carbocycles. The highest BCUT2D eigenvalue weighted by molar-refractivity contribution is 5.84. The van der Waals surface area contributed by atoms with Crippen molar-refractivity contribution in [1.29, 1.82) is 0 Å². The highest BCUT2D eigenvalue weighted by atomic mass is 16.1. The lowest BCUT2D eigenvalue weighted by Crippen LogP contribution is -2.30. The van der Waals surface area contributed by atoms with Crippen LogP contribution in [0, 0.1) is 26.2 Å². The molecule has 0 atom stereocenters. The molecule has 2 aromatic rings. The second-order valence-corrected chi connectivity index (χ2v) is 6.66. The number of nitrogens with one attached hydrogen (secondary N) is 2. The number of carbonyl (C=O) groups is 1. The van der Waals surface area contributed by atoms with E-state index in [1.807, 2.05) is 13.8 Å². The number of terminal acetylenes is 1. The molecular weight excluding hydrogens is 332 g/mol. The molecule has 0 saturated carbocycles. The number of nitrogens with zero attached hydrogens (tertiary/aromatic N) is 4. The van der Waals surface area contributed by atoms with Gasteiger partial charge in [-0.05, 0) is 25.0 Å². The second-order valence-electron chi connectivity index (χ2n) is 6.66. The summed E-state index contributed by atoms with van der Waals surface area (Å²) in [7, 11) is 1.74. The van der Waals surface area contributed by atoms with E-state index in [1.165, 1.54) is 0 Å². The minimum absolute atomic E-state index is 0.113. The molecule has 0 unspecified atom stereocenters. The Morgan fingerprint density at radius 3 is 2.73 bits per heavy atom. The van der Waals surface area contributed by atoms with Crippen LogP contribution in [0.3, 0.4) is 0 Å². The highest BCUT2D eigenvalue weighted by Crippen LogP contribution is 2.36. The van der Waals surface area contributed by atoms with Crippen molar-refractivity contribution in [2.75, 3.05) is 6.54 Å². The van der Waals surface area contributed by atoms with E-state index in [9.17, 15) is 9.59 Å². The number of fused-ring (bicyclic) bond motifs is 1. The van der Waals surface area contributed by atoms with Crippen LogP contribution in [0.1, 0.15) is 36.1 Å². The van der Waals surface area contributed by atoms with Gasteiger partial charge in [-0.2, -0.15) is 10.2 Å². The topological polar surface area (TPSA) is 104 Å². The zero-order chi connectivity index (χ0) is 18.9. The smallest absolute Gasteiger partial charge is 0.273 e. The van der Waals surface area contributed by atoms with Crippen molar-refractivity contribution in [3.8, 4) is 12.3 Å². The summed E-state index contributed by atoms with van der Waals surface area (Å²) in [6, 6.07) is 0. The number of amides is 1. The second kappa shape index (κ2) is 6.75. The molecule has 0 fully saturated rings. The molecule has 8 heteroatoms. The maximum Gasteiger partial charge on any atom is 0.273 e. The summed E-state index contributed by atoms with van der Waals surface area (Å²) in [6.45, 7) is 4.19. The lowest BCUT2D eigenvalue weighted by atomic mass is 10.0. The third kappa shape index (κ3) is 3.38. The molecule has 0 spiro atoms. The summed E-state index contributed by atoms with van der Waals surface area (Å²) in [5.74, 6) is 2.47. The number of rotatable bonds is 7. The number of H-pyrrole nitrogens is 1. The molecular formula is C18H22N6O2. The Morgan fingerprint density at radius 1 is 1.35 bits per heavy atom. The maximum absolute atomic E-state index is 12.3. The van der Waals surface area contributed by atoms with Gasteiger partial charge in [-0.25, -0.2) is 4.98 Å². The van der Waals surface area contributed by atoms with Gasteiger partial charge in [0.25, 0.3) is 5.56 Å². The first kappa shape index (κ1) is 17.9. The number of hydrogen-bond donors (Lipinski definition) is 2. The van der Waals surface area contributed by atoms with Crippen LogP contribution in [0.15, 0.2) is 15.0 Å². The van der Waals surface area contributed by atoms with Crippen molar-refractivity contribution in [2.45, 2.75) is 45.2 Å². The molecule has 26 heavy (non-hydrogen) atoms. The highest BCUT2D eigenvalue weighted by Gasteiger charge is 2.38. The first-order valence-corrected chi connectivity index (χ1v) is 8.56. The van der Waals surface area contributed by atoms with Crippen molar-refractivity contribution < 1.29 is 4.79 Å². The Hall–Kier alpha value is -2.95. The lowest BCUT2D eigenvalue weighted by molar-refractivity contribution is -0.120. The Bertz CT molecular complexity index is 986. The maximum atomic E-state index is 12.3. The van der Waals surface area contributed by atoms with E-state index < -0.39 is 5.66 Å². The van der Waals surface area contributed by atoms with Crippen LogP contribution in [0.4, 0.5) is 0 Å².